The Morgan fingerprint density at radius 1 is 0.750 bits per heavy atom. The minimum Gasteiger partial charge on any atom is -0.872 e. The maximum Gasteiger partial charge on any atom is 1.00 e. The fraction of sp³-hybridized carbons (Fsp3) is 0.0667. The Balaban J connectivity index is 0.00000512. The van der Waals surface area contributed by atoms with Gasteiger partial charge in [-0.1, -0.05) is 24.5 Å². The Morgan fingerprint density at radius 2 is 1.34 bits per heavy atom. The van der Waals surface area contributed by atoms with Crippen molar-refractivity contribution >= 4 is 102 Å². The molecule has 318 valence electrons. The molecule has 0 saturated heterocycles. The predicted octanol–water partition coefficient (Wildman–Crippen LogP) is -10.9. The second-order valence-corrected chi connectivity index (χ2v) is 19.2. The quantitative estimate of drug-likeness (QED) is 0.0249. The smallest absolute Gasteiger partial charge is 0.872 e. The molecule has 0 amide bonds. The van der Waals surface area contributed by atoms with E-state index in [-0.39, 0.29) is 142 Å². The van der Waals surface area contributed by atoms with Crippen LogP contribution in [0.3, 0.4) is 0 Å². The van der Waals surface area contributed by atoms with Gasteiger partial charge in [-0.25, -0.2) is 25.3 Å². The van der Waals surface area contributed by atoms with Gasteiger partial charge in [0, 0.05) is 22.2 Å². The number of hydrogen-bond donors (Lipinski definition) is 4. The van der Waals surface area contributed by atoms with Crippen LogP contribution in [0.2, 0.25) is 0 Å². The number of sulfone groups is 1. The number of rotatable bonds is 15. The molecule has 0 aliphatic heterocycles. The van der Waals surface area contributed by atoms with Crippen LogP contribution in [-0.2, 0) is 50.3 Å². The van der Waals surface area contributed by atoms with Gasteiger partial charge in [-0.15, -0.1) is 10.2 Å². The summed E-state index contributed by atoms with van der Waals surface area (Å²) >= 11 is 0. The van der Waals surface area contributed by atoms with E-state index in [4.69, 9.17) is 0 Å². The fourth-order valence-electron chi connectivity index (χ4n) is 4.95. The van der Waals surface area contributed by atoms with Crippen LogP contribution in [0.1, 0.15) is 5.56 Å². The number of fused-ring (bicyclic) bond motifs is 1. The molecule has 1 heterocycles. The molecule has 64 heavy (non-hydrogen) atoms. The number of aromatic nitrogens is 3. The van der Waals surface area contributed by atoms with Gasteiger partial charge >= 0.3 is 124 Å². The monoisotopic (exact) mass is 1020 g/mol. The zero-order chi connectivity index (χ0) is 44.6. The molecule has 24 nitrogen and oxygen atoms in total. The van der Waals surface area contributed by atoms with Gasteiger partial charge in [0.25, 0.3) is 20.2 Å². The van der Waals surface area contributed by atoms with Gasteiger partial charge < -0.3 is 30.0 Å². The average Bonchev–Trinajstić information content (AvgIpc) is 3.12. The number of hydrogen-bond acceptors (Lipinski definition) is 22. The topological polar surface area (TPSA) is 403 Å². The van der Waals surface area contributed by atoms with Gasteiger partial charge in [-0.05, 0) is 65.4 Å². The molecule has 0 spiro atoms. The number of azo groups is 1. The van der Waals surface area contributed by atoms with Crippen molar-refractivity contribution < 1.29 is 193 Å². The first-order chi connectivity index (χ1) is 27.7. The summed E-state index contributed by atoms with van der Waals surface area (Å²) in [6.45, 7) is 2.76. The van der Waals surface area contributed by atoms with Gasteiger partial charge in [0.15, 0.2) is 9.84 Å². The first-order valence-electron chi connectivity index (χ1n) is 15.5. The maximum atomic E-state index is 14.8. The fourth-order valence-corrected chi connectivity index (χ4v) is 7.73. The van der Waals surface area contributed by atoms with E-state index in [1.807, 2.05) is 0 Å². The van der Waals surface area contributed by atoms with E-state index in [1.165, 1.54) is 24.3 Å². The van der Waals surface area contributed by atoms with Gasteiger partial charge in [-0.2, -0.15) is 36.2 Å². The summed E-state index contributed by atoms with van der Waals surface area (Å²) in [5, 5.41) is 36.6. The molecular weight excluding hydrogens is 1000 g/mol. The summed E-state index contributed by atoms with van der Waals surface area (Å²) < 4.78 is 178. The molecule has 0 unspecified atom stereocenters. The van der Waals surface area contributed by atoms with Gasteiger partial charge in [0.2, 0.25) is 11.9 Å². The summed E-state index contributed by atoms with van der Waals surface area (Å²) in [4.78, 5) is 9.38. The van der Waals surface area contributed by atoms with E-state index in [2.05, 4.69) is 47.4 Å². The first-order valence-corrected chi connectivity index (χ1v) is 22.9. The number of nitrogens with zero attached hydrogens (tertiary/aromatic N) is 6. The van der Waals surface area contributed by atoms with Crippen LogP contribution in [0.15, 0.2) is 107 Å². The molecular formula is C30H21FN8Na4O16S5. The third-order valence-electron chi connectivity index (χ3n) is 7.54. The third-order valence-corrected chi connectivity index (χ3v) is 12.2. The average molecular weight is 1020 g/mol. The van der Waals surface area contributed by atoms with E-state index in [1.54, 1.807) is 0 Å². The van der Waals surface area contributed by atoms with Crippen LogP contribution < -0.4 is 139 Å². The summed E-state index contributed by atoms with van der Waals surface area (Å²) in [5.41, 5.74) is -3.15. The summed E-state index contributed by atoms with van der Waals surface area (Å²) in [7, 11) is -25.4. The normalized spacial score (nSPS) is 12.3. The van der Waals surface area contributed by atoms with Crippen LogP contribution in [0, 0.1) is 6.08 Å². The summed E-state index contributed by atoms with van der Waals surface area (Å²) in [5.74, 6) is -4.14. The minimum atomic E-state index is -5.58. The van der Waals surface area contributed by atoms with Gasteiger partial charge in [-0.3, -0.25) is 14.1 Å². The van der Waals surface area contributed by atoms with E-state index >= 15 is 0 Å². The number of aliphatic imine (C=N–C) groups is 1. The molecule has 4 aromatic carbocycles. The zero-order valence-corrected chi connectivity index (χ0v) is 45.3. The number of nitrogens with one attached hydrogen (secondary N) is 2. The van der Waals surface area contributed by atoms with Crippen molar-refractivity contribution in [3.8, 4) is 5.75 Å². The molecule has 5 rings (SSSR count). The van der Waals surface area contributed by atoms with E-state index < -0.39 is 140 Å². The van der Waals surface area contributed by atoms with Crippen LogP contribution >= 0.6 is 0 Å². The largest absolute Gasteiger partial charge is 1.00 e. The van der Waals surface area contributed by atoms with E-state index in [9.17, 15) is 74.9 Å². The van der Waals surface area contributed by atoms with Crippen molar-refractivity contribution in [2.45, 2.75) is 19.6 Å². The number of halogens is 1. The van der Waals surface area contributed by atoms with Crippen molar-refractivity contribution in [1.82, 2.24) is 15.0 Å². The molecule has 4 N–H and O–H groups in total. The Kier molecular flexibility index (Phi) is 21.8. The number of anilines is 4. The summed E-state index contributed by atoms with van der Waals surface area (Å²) in [6.07, 6.45) is -1.53. The van der Waals surface area contributed by atoms with Gasteiger partial charge in [0.05, 0.1) is 22.1 Å². The van der Waals surface area contributed by atoms with Crippen molar-refractivity contribution in [2.75, 3.05) is 22.9 Å². The second kappa shape index (κ2) is 23.3. The van der Waals surface area contributed by atoms with Crippen molar-refractivity contribution in [3.05, 3.63) is 84.3 Å². The molecule has 0 bridgehead atoms. The standard InChI is InChI=1S/C30H25FN8O16S5.4Na/c1-2-56(42,43)9-8-32-27(41)15-4-3-5-16(10-15)33-29-35-28(31)36-30(37-29)34-21-13-18(58(47,48)49)11-19-25(21)22(40)14-24(60(53,54)55)26(19)39-38-20-12-17(57(44,45)46)6-7-23(20)59(50,51)52;;;;/h2-7,10-14,40H,1,8-9H2,(H,32,41)(H,44,45,46)(H,47,48,49)(H,50,51,52)(H,53,54,55)(H2,33,34,35,36,37);;;;/q;4*+1/p-4. The van der Waals surface area contributed by atoms with Crippen LogP contribution in [0.4, 0.5) is 39.0 Å². The molecule has 0 atom stereocenters. The minimum absolute atomic E-state index is 0. The van der Waals surface area contributed by atoms with Crippen LogP contribution in [0.25, 0.3) is 10.8 Å². The first kappa shape index (κ1) is 59.9. The molecule has 0 saturated carbocycles. The van der Waals surface area contributed by atoms with E-state index in [0.29, 0.717) is 29.7 Å². The Morgan fingerprint density at radius 3 is 1.91 bits per heavy atom. The van der Waals surface area contributed by atoms with Crippen LogP contribution in [-0.4, -0.2) is 93.4 Å². The SMILES string of the molecule is C=CS(=O)(=O)CCN=C([O-])c1cccc(Nc2nc(F)nc(Nc3cc(S(=O)(=O)[O-])cc4c(N=Nc5cc(S(=O)(=O)[O-])ccc5S(=O)(=O)O)c(S(=O)(=O)O)cc([O-])c34)n2)c1.[Na+].[Na+].[Na+].[Na+]. The third kappa shape index (κ3) is 15.5. The zero-order valence-electron chi connectivity index (χ0n) is 33.2. The number of benzene rings is 4. The molecule has 1 aromatic heterocycles. The Hall–Kier alpha value is -2.12. The molecule has 0 aliphatic rings. The second-order valence-electron chi connectivity index (χ2n) is 11.6. The molecule has 0 aliphatic carbocycles. The maximum absolute atomic E-state index is 14.8. The van der Waals surface area contributed by atoms with Crippen molar-refractivity contribution in [2.24, 2.45) is 15.2 Å². The molecule has 0 radical (unpaired) electrons. The van der Waals surface area contributed by atoms with Crippen LogP contribution in [0.5, 0.6) is 5.75 Å². The molecule has 34 heteroatoms. The summed E-state index contributed by atoms with van der Waals surface area (Å²) in [6, 6.07) is 7.47. The Bertz CT molecular complexity index is 3260. The molecule has 5 aromatic rings. The van der Waals surface area contributed by atoms with Crippen molar-refractivity contribution in [1.29, 1.82) is 0 Å². The molecule has 0 fully saturated rings. The van der Waals surface area contributed by atoms with Crippen molar-refractivity contribution in [3.63, 3.8) is 0 Å². The van der Waals surface area contributed by atoms with E-state index in [0.717, 1.165) is 0 Å². The Labute approximate surface area is 451 Å². The van der Waals surface area contributed by atoms with Gasteiger partial charge in [0.1, 0.15) is 41.4 Å². The predicted molar refractivity (Wildman–Crippen MR) is 198 cm³/mol.